The van der Waals surface area contributed by atoms with Crippen LogP contribution in [0.25, 0.3) is 0 Å². The van der Waals surface area contributed by atoms with Crippen LogP contribution in [0.3, 0.4) is 0 Å². The van der Waals surface area contributed by atoms with E-state index in [2.05, 4.69) is 71.0 Å². The van der Waals surface area contributed by atoms with Crippen LogP contribution in [-0.4, -0.2) is 31.6 Å². The summed E-state index contributed by atoms with van der Waals surface area (Å²) in [7, 11) is 2.06. The molecule has 0 saturated carbocycles. The zero-order chi connectivity index (χ0) is 13.0. The standard InChI is InChI=1S/C15H23IN2/c1-12(14-5-7-15(16)8-6-14)18-9-3-4-13(11-18)10-17-2/h5-8,12-13,17H,3-4,9-11H2,1-2H3. The summed E-state index contributed by atoms with van der Waals surface area (Å²) in [4.78, 5) is 2.63. The van der Waals surface area contributed by atoms with Crippen molar-refractivity contribution in [3.8, 4) is 0 Å². The van der Waals surface area contributed by atoms with Crippen molar-refractivity contribution in [1.29, 1.82) is 0 Å². The van der Waals surface area contributed by atoms with Crippen LogP contribution in [0.15, 0.2) is 24.3 Å². The second kappa shape index (κ2) is 6.87. The number of likely N-dealkylation sites (tertiary alicyclic amines) is 1. The summed E-state index contributed by atoms with van der Waals surface area (Å²) >= 11 is 2.37. The van der Waals surface area contributed by atoms with E-state index in [1.165, 1.54) is 35.1 Å². The molecule has 2 rings (SSSR count). The van der Waals surface area contributed by atoms with E-state index in [1.54, 1.807) is 0 Å². The molecule has 1 aliphatic rings. The van der Waals surface area contributed by atoms with Crippen LogP contribution in [0, 0.1) is 9.49 Å². The van der Waals surface area contributed by atoms with Gasteiger partial charge >= 0.3 is 0 Å². The second-order valence-corrected chi connectivity index (χ2v) is 6.53. The summed E-state index contributed by atoms with van der Waals surface area (Å²) < 4.78 is 1.32. The van der Waals surface area contributed by atoms with Gasteiger partial charge in [0.25, 0.3) is 0 Å². The van der Waals surface area contributed by atoms with Crippen molar-refractivity contribution >= 4 is 22.6 Å². The zero-order valence-electron chi connectivity index (χ0n) is 11.3. The maximum absolute atomic E-state index is 3.32. The first-order chi connectivity index (χ1) is 8.70. The van der Waals surface area contributed by atoms with Gasteiger partial charge in [0.2, 0.25) is 0 Å². The fourth-order valence-electron chi connectivity index (χ4n) is 2.86. The Bertz CT molecular complexity index is 361. The van der Waals surface area contributed by atoms with Gasteiger partial charge in [-0.15, -0.1) is 0 Å². The highest BCUT2D eigenvalue weighted by molar-refractivity contribution is 14.1. The highest BCUT2D eigenvalue weighted by Gasteiger charge is 2.23. The van der Waals surface area contributed by atoms with Gasteiger partial charge in [-0.05, 0) is 86.1 Å². The minimum absolute atomic E-state index is 0.543. The molecule has 0 aliphatic carbocycles. The highest BCUT2D eigenvalue weighted by atomic mass is 127. The third-order valence-electron chi connectivity index (χ3n) is 3.94. The lowest BCUT2D eigenvalue weighted by molar-refractivity contribution is 0.131. The van der Waals surface area contributed by atoms with Crippen LogP contribution in [0.2, 0.25) is 0 Å². The van der Waals surface area contributed by atoms with Crippen molar-refractivity contribution in [2.24, 2.45) is 5.92 Å². The Morgan fingerprint density at radius 2 is 2.11 bits per heavy atom. The first-order valence-corrected chi connectivity index (χ1v) is 7.92. The van der Waals surface area contributed by atoms with Gasteiger partial charge < -0.3 is 5.32 Å². The Kier molecular flexibility index (Phi) is 5.45. The van der Waals surface area contributed by atoms with Gasteiger partial charge in [-0.1, -0.05) is 12.1 Å². The van der Waals surface area contributed by atoms with E-state index in [4.69, 9.17) is 0 Å². The quantitative estimate of drug-likeness (QED) is 0.831. The summed E-state index contributed by atoms with van der Waals surface area (Å²) in [6.45, 7) is 5.96. The third-order valence-corrected chi connectivity index (χ3v) is 4.66. The maximum Gasteiger partial charge on any atom is 0.0320 e. The van der Waals surface area contributed by atoms with Crippen LogP contribution in [-0.2, 0) is 0 Å². The van der Waals surface area contributed by atoms with E-state index in [-0.39, 0.29) is 0 Å². The molecule has 1 N–H and O–H groups in total. The molecule has 100 valence electrons. The van der Waals surface area contributed by atoms with Crippen molar-refractivity contribution in [1.82, 2.24) is 10.2 Å². The minimum Gasteiger partial charge on any atom is -0.319 e. The summed E-state index contributed by atoms with van der Waals surface area (Å²) in [5.74, 6) is 0.815. The van der Waals surface area contributed by atoms with Gasteiger partial charge in [0.1, 0.15) is 0 Å². The lowest BCUT2D eigenvalue weighted by Crippen LogP contribution is -2.40. The van der Waals surface area contributed by atoms with E-state index in [0.717, 1.165) is 12.5 Å². The molecule has 1 aromatic carbocycles. The Morgan fingerprint density at radius 3 is 2.78 bits per heavy atom. The molecule has 1 heterocycles. The SMILES string of the molecule is CNCC1CCCN(C(C)c2ccc(I)cc2)C1. The number of hydrogen-bond acceptors (Lipinski definition) is 2. The van der Waals surface area contributed by atoms with Gasteiger partial charge in [-0.25, -0.2) is 0 Å². The fraction of sp³-hybridized carbons (Fsp3) is 0.600. The van der Waals surface area contributed by atoms with Crippen LogP contribution in [0.1, 0.15) is 31.4 Å². The molecule has 2 atom stereocenters. The second-order valence-electron chi connectivity index (χ2n) is 5.29. The van der Waals surface area contributed by atoms with Crippen molar-refractivity contribution in [3.63, 3.8) is 0 Å². The monoisotopic (exact) mass is 358 g/mol. The molecule has 2 unspecified atom stereocenters. The first-order valence-electron chi connectivity index (χ1n) is 6.85. The molecular weight excluding hydrogens is 335 g/mol. The molecular formula is C15H23IN2. The average molecular weight is 358 g/mol. The molecule has 0 bridgehead atoms. The number of nitrogens with one attached hydrogen (secondary N) is 1. The predicted molar refractivity (Wildman–Crippen MR) is 85.8 cm³/mol. The van der Waals surface area contributed by atoms with Crippen molar-refractivity contribution in [2.75, 3.05) is 26.7 Å². The van der Waals surface area contributed by atoms with E-state index < -0.39 is 0 Å². The van der Waals surface area contributed by atoms with Gasteiger partial charge in [0.05, 0.1) is 0 Å². The molecule has 1 aromatic rings. The van der Waals surface area contributed by atoms with Gasteiger partial charge in [-0.3, -0.25) is 4.90 Å². The summed E-state index contributed by atoms with van der Waals surface area (Å²) in [6.07, 6.45) is 2.71. The Balaban J connectivity index is 1.99. The van der Waals surface area contributed by atoms with Crippen LogP contribution in [0.4, 0.5) is 0 Å². The van der Waals surface area contributed by atoms with Crippen molar-refractivity contribution < 1.29 is 0 Å². The third kappa shape index (κ3) is 3.68. The number of piperidine rings is 1. The molecule has 2 nitrogen and oxygen atoms in total. The molecule has 1 saturated heterocycles. The molecule has 0 aromatic heterocycles. The largest absolute Gasteiger partial charge is 0.319 e. The molecule has 3 heteroatoms. The molecule has 0 amide bonds. The van der Waals surface area contributed by atoms with Crippen molar-refractivity contribution in [2.45, 2.75) is 25.8 Å². The smallest absolute Gasteiger partial charge is 0.0320 e. The van der Waals surface area contributed by atoms with Crippen LogP contribution in [0.5, 0.6) is 0 Å². The summed E-state index contributed by atoms with van der Waals surface area (Å²) in [5.41, 5.74) is 1.44. The van der Waals surface area contributed by atoms with E-state index in [1.807, 2.05) is 0 Å². The maximum atomic E-state index is 3.32. The number of hydrogen-bond donors (Lipinski definition) is 1. The van der Waals surface area contributed by atoms with Gasteiger partial charge in [0, 0.05) is 16.2 Å². The van der Waals surface area contributed by atoms with E-state index in [9.17, 15) is 0 Å². The number of halogens is 1. The summed E-state index contributed by atoms with van der Waals surface area (Å²) in [5, 5.41) is 3.32. The number of rotatable bonds is 4. The first kappa shape index (κ1) is 14.3. The van der Waals surface area contributed by atoms with E-state index in [0.29, 0.717) is 6.04 Å². The molecule has 1 aliphatic heterocycles. The predicted octanol–water partition coefficient (Wildman–Crippen LogP) is 3.28. The highest BCUT2D eigenvalue weighted by Crippen LogP contribution is 2.26. The molecule has 0 radical (unpaired) electrons. The van der Waals surface area contributed by atoms with E-state index >= 15 is 0 Å². The van der Waals surface area contributed by atoms with Gasteiger partial charge in [-0.2, -0.15) is 0 Å². The lowest BCUT2D eigenvalue weighted by atomic mass is 9.95. The number of benzene rings is 1. The average Bonchev–Trinajstić information content (AvgIpc) is 2.39. The Morgan fingerprint density at radius 1 is 1.39 bits per heavy atom. The molecule has 18 heavy (non-hydrogen) atoms. The van der Waals surface area contributed by atoms with Gasteiger partial charge in [0.15, 0.2) is 0 Å². The molecule has 1 fully saturated rings. The topological polar surface area (TPSA) is 15.3 Å². The van der Waals surface area contributed by atoms with Crippen molar-refractivity contribution in [3.05, 3.63) is 33.4 Å². The number of nitrogens with zero attached hydrogens (tertiary/aromatic N) is 1. The summed E-state index contributed by atoms with van der Waals surface area (Å²) in [6, 6.07) is 9.51. The Labute approximate surface area is 124 Å². The molecule has 0 spiro atoms. The lowest BCUT2D eigenvalue weighted by Gasteiger charge is -2.37. The van der Waals surface area contributed by atoms with Crippen LogP contribution < -0.4 is 5.32 Å². The minimum atomic E-state index is 0.543. The van der Waals surface area contributed by atoms with Crippen LogP contribution >= 0.6 is 22.6 Å². The normalized spacial score (nSPS) is 22.9. The fourth-order valence-corrected chi connectivity index (χ4v) is 3.22. The Hall–Kier alpha value is -0.130. The zero-order valence-corrected chi connectivity index (χ0v) is 13.5.